The van der Waals surface area contributed by atoms with Crippen molar-refractivity contribution in [2.45, 2.75) is 38.0 Å². The highest BCUT2D eigenvalue weighted by atomic mass is 35.5. The van der Waals surface area contributed by atoms with Gasteiger partial charge in [-0.25, -0.2) is 5.43 Å². The minimum Gasteiger partial charge on any atom is -0.490 e. The van der Waals surface area contributed by atoms with Crippen molar-refractivity contribution in [3.05, 3.63) is 88.7 Å². The summed E-state index contributed by atoms with van der Waals surface area (Å²) in [6, 6.07) is 16.9. The Morgan fingerprint density at radius 2 is 1.74 bits per heavy atom. The molecule has 4 rings (SSSR count). The third-order valence-electron chi connectivity index (χ3n) is 5.85. The van der Waals surface area contributed by atoms with Gasteiger partial charge in [0.15, 0.2) is 0 Å². The Labute approximate surface area is 205 Å². The lowest BCUT2D eigenvalue weighted by Crippen LogP contribution is -2.17. The van der Waals surface area contributed by atoms with Gasteiger partial charge in [0, 0.05) is 28.5 Å². The molecule has 0 unspecified atom stereocenters. The third-order valence-corrected chi connectivity index (χ3v) is 6.09. The number of benzene rings is 2. The molecule has 0 atom stereocenters. The predicted molar refractivity (Wildman–Crippen MR) is 134 cm³/mol. The normalized spacial score (nSPS) is 14.1. The molecule has 6 nitrogen and oxygen atoms in total. The number of hydrogen-bond donors (Lipinski definition) is 1. The molecular weight excluding hydrogens is 450 g/mol. The first kappa shape index (κ1) is 23.8. The number of carbonyl (C=O) groups is 1. The van der Waals surface area contributed by atoms with Gasteiger partial charge in [-0.15, -0.1) is 0 Å². The lowest BCUT2D eigenvalue weighted by Gasteiger charge is -2.22. The molecule has 0 spiro atoms. The zero-order valence-electron chi connectivity index (χ0n) is 19.0. The van der Waals surface area contributed by atoms with Crippen molar-refractivity contribution in [2.75, 3.05) is 13.2 Å². The van der Waals surface area contributed by atoms with Crippen LogP contribution in [0.3, 0.4) is 0 Å². The van der Waals surface area contributed by atoms with Crippen LogP contribution in [0, 0.1) is 0 Å². The molecular formula is C27H28ClN3O3. The molecule has 1 N–H and O–H groups in total. The standard InChI is InChI=1S/C27H28ClN3O3/c28-24-8-11-26(23(18-24)19-30-31-27(32)22-12-14-29-15-13-22)34-17-16-33-25-9-6-21(7-10-25)20-4-2-1-3-5-20/h6-15,18-20H,1-5,16-17H2,(H,31,32)/b30-19-. The Kier molecular flexibility index (Phi) is 8.52. The van der Waals surface area contributed by atoms with Crippen LogP contribution in [0.2, 0.25) is 5.02 Å². The third kappa shape index (κ3) is 6.81. The van der Waals surface area contributed by atoms with Gasteiger partial charge in [0.1, 0.15) is 24.7 Å². The summed E-state index contributed by atoms with van der Waals surface area (Å²) >= 11 is 6.13. The van der Waals surface area contributed by atoms with Crippen molar-refractivity contribution < 1.29 is 14.3 Å². The zero-order chi connectivity index (χ0) is 23.6. The molecule has 3 aromatic rings. The minimum absolute atomic E-state index is 0.328. The second kappa shape index (κ2) is 12.2. The maximum Gasteiger partial charge on any atom is 0.271 e. The van der Waals surface area contributed by atoms with Crippen LogP contribution in [0.5, 0.6) is 11.5 Å². The van der Waals surface area contributed by atoms with Crippen LogP contribution in [0.1, 0.15) is 59.5 Å². The number of amides is 1. The average Bonchev–Trinajstić information content (AvgIpc) is 2.89. The molecule has 0 saturated heterocycles. The number of nitrogens with zero attached hydrogens (tertiary/aromatic N) is 2. The summed E-state index contributed by atoms with van der Waals surface area (Å²) < 4.78 is 11.7. The van der Waals surface area contributed by atoms with E-state index in [0.29, 0.717) is 41.0 Å². The fourth-order valence-corrected chi connectivity index (χ4v) is 4.24. The number of hydrazone groups is 1. The Hall–Kier alpha value is -3.38. The van der Waals surface area contributed by atoms with E-state index in [-0.39, 0.29) is 5.91 Å². The monoisotopic (exact) mass is 477 g/mol. The summed E-state index contributed by atoms with van der Waals surface area (Å²) in [5, 5.41) is 4.57. The van der Waals surface area contributed by atoms with E-state index in [2.05, 4.69) is 27.6 Å². The summed E-state index contributed by atoms with van der Waals surface area (Å²) in [7, 11) is 0. The predicted octanol–water partition coefficient (Wildman–Crippen LogP) is 6.00. The molecule has 1 heterocycles. The number of rotatable bonds is 9. The van der Waals surface area contributed by atoms with Crippen LogP contribution in [-0.4, -0.2) is 30.3 Å². The molecule has 1 aromatic heterocycles. The molecule has 34 heavy (non-hydrogen) atoms. The fourth-order valence-electron chi connectivity index (χ4n) is 4.06. The highest BCUT2D eigenvalue weighted by molar-refractivity contribution is 6.30. The molecule has 0 bridgehead atoms. The van der Waals surface area contributed by atoms with Crippen LogP contribution in [-0.2, 0) is 0 Å². The number of hydrogen-bond acceptors (Lipinski definition) is 5. The largest absolute Gasteiger partial charge is 0.490 e. The molecule has 1 aliphatic rings. The molecule has 1 aliphatic carbocycles. The van der Waals surface area contributed by atoms with Crippen molar-refractivity contribution in [3.8, 4) is 11.5 Å². The van der Waals surface area contributed by atoms with E-state index in [0.717, 1.165) is 5.75 Å². The highest BCUT2D eigenvalue weighted by Gasteiger charge is 2.15. The van der Waals surface area contributed by atoms with Gasteiger partial charge in [-0.05, 0) is 66.8 Å². The lowest BCUT2D eigenvalue weighted by molar-refractivity contribution is 0.0955. The fraction of sp³-hybridized carbons (Fsp3) is 0.296. The van der Waals surface area contributed by atoms with Crippen molar-refractivity contribution in [1.29, 1.82) is 0 Å². The van der Waals surface area contributed by atoms with Crippen LogP contribution >= 0.6 is 11.6 Å². The van der Waals surface area contributed by atoms with E-state index in [1.54, 1.807) is 42.7 Å². The Morgan fingerprint density at radius 3 is 2.50 bits per heavy atom. The van der Waals surface area contributed by atoms with Gasteiger partial charge >= 0.3 is 0 Å². The molecule has 1 fully saturated rings. The topological polar surface area (TPSA) is 72.8 Å². The number of carbonyl (C=O) groups excluding carboxylic acids is 1. The first-order chi connectivity index (χ1) is 16.7. The molecule has 1 amide bonds. The summed E-state index contributed by atoms with van der Waals surface area (Å²) in [5.41, 5.74) is 5.02. The highest BCUT2D eigenvalue weighted by Crippen LogP contribution is 2.33. The van der Waals surface area contributed by atoms with E-state index in [4.69, 9.17) is 21.1 Å². The van der Waals surface area contributed by atoms with Gasteiger partial charge in [0.25, 0.3) is 5.91 Å². The van der Waals surface area contributed by atoms with Gasteiger partial charge in [0.05, 0.1) is 6.21 Å². The van der Waals surface area contributed by atoms with Gasteiger partial charge in [-0.3, -0.25) is 9.78 Å². The number of halogens is 1. The van der Waals surface area contributed by atoms with E-state index in [1.165, 1.54) is 43.9 Å². The Morgan fingerprint density at radius 1 is 1.00 bits per heavy atom. The summed E-state index contributed by atoms with van der Waals surface area (Å²) in [6.07, 6.45) is 11.2. The number of pyridine rings is 1. The van der Waals surface area contributed by atoms with Crippen LogP contribution in [0.15, 0.2) is 72.1 Å². The van der Waals surface area contributed by atoms with E-state index in [1.807, 2.05) is 12.1 Å². The first-order valence-corrected chi connectivity index (χ1v) is 12.0. The maximum atomic E-state index is 12.1. The van der Waals surface area contributed by atoms with E-state index < -0.39 is 0 Å². The van der Waals surface area contributed by atoms with Crippen molar-refractivity contribution in [3.63, 3.8) is 0 Å². The first-order valence-electron chi connectivity index (χ1n) is 11.6. The van der Waals surface area contributed by atoms with E-state index in [9.17, 15) is 4.79 Å². The number of ether oxygens (including phenoxy) is 2. The molecule has 2 aromatic carbocycles. The van der Waals surface area contributed by atoms with Gasteiger partial charge in [-0.2, -0.15) is 5.10 Å². The smallest absolute Gasteiger partial charge is 0.271 e. The zero-order valence-corrected chi connectivity index (χ0v) is 19.7. The summed E-state index contributed by atoms with van der Waals surface area (Å²) in [6.45, 7) is 0.761. The Balaban J connectivity index is 1.27. The van der Waals surface area contributed by atoms with Crippen molar-refractivity contribution in [1.82, 2.24) is 10.4 Å². The molecule has 0 radical (unpaired) electrons. The quantitative estimate of drug-likeness (QED) is 0.233. The maximum absolute atomic E-state index is 12.1. The Bertz CT molecular complexity index is 1100. The van der Waals surface area contributed by atoms with E-state index >= 15 is 0 Å². The second-order valence-corrected chi connectivity index (χ2v) is 8.65. The van der Waals surface area contributed by atoms with Gasteiger partial charge in [-0.1, -0.05) is 43.0 Å². The number of nitrogens with one attached hydrogen (secondary N) is 1. The molecule has 176 valence electrons. The second-order valence-electron chi connectivity index (χ2n) is 8.22. The average molecular weight is 478 g/mol. The van der Waals surface area contributed by atoms with Crippen molar-refractivity contribution in [2.24, 2.45) is 5.10 Å². The van der Waals surface area contributed by atoms with Gasteiger partial charge in [0.2, 0.25) is 0 Å². The number of aromatic nitrogens is 1. The van der Waals surface area contributed by atoms with Gasteiger partial charge < -0.3 is 9.47 Å². The molecule has 7 heteroatoms. The van der Waals surface area contributed by atoms with Crippen LogP contribution in [0.25, 0.3) is 0 Å². The minimum atomic E-state index is -0.328. The van der Waals surface area contributed by atoms with Crippen LogP contribution in [0.4, 0.5) is 0 Å². The van der Waals surface area contributed by atoms with Crippen LogP contribution < -0.4 is 14.9 Å². The summed E-state index contributed by atoms with van der Waals surface area (Å²) in [5.74, 6) is 1.79. The molecule has 0 aliphatic heterocycles. The van der Waals surface area contributed by atoms with Crippen molar-refractivity contribution >= 4 is 23.7 Å². The molecule has 1 saturated carbocycles. The SMILES string of the molecule is O=C(N/N=C\c1cc(Cl)ccc1OCCOc1ccc(C2CCCCC2)cc1)c1ccncc1. The summed E-state index contributed by atoms with van der Waals surface area (Å²) in [4.78, 5) is 16.0. The lowest BCUT2D eigenvalue weighted by atomic mass is 9.84.